The Balaban J connectivity index is 1.78. The SMILES string of the molecule is Cc1c(Cl)cccc1C(O)C1CCOC2(CCSCC2)C1. The fourth-order valence-corrected chi connectivity index (χ4v) is 5.04. The van der Waals surface area contributed by atoms with Crippen molar-refractivity contribution in [2.45, 2.75) is 44.3 Å². The highest BCUT2D eigenvalue weighted by molar-refractivity contribution is 7.99. The van der Waals surface area contributed by atoms with Crippen molar-refractivity contribution in [1.82, 2.24) is 0 Å². The first kappa shape index (κ1) is 15.7. The quantitative estimate of drug-likeness (QED) is 0.874. The Morgan fingerprint density at radius 2 is 2.14 bits per heavy atom. The van der Waals surface area contributed by atoms with Crippen molar-refractivity contribution in [3.05, 3.63) is 34.3 Å². The van der Waals surface area contributed by atoms with E-state index in [0.29, 0.717) is 0 Å². The maximum Gasteiger partial charge on any atom is 0.0823 e. The van der Waals surface area contributed by atoms with E-state index in [-0.39, 0.29) is 11.5 Å². The summed E-state index contributed by atoms with van der Waals surface area (Å²) in [5.74, 6) is 2.64. The first-order chi connectivity index (χ1) is 10.1. The highest BCUT2D eigenvalue weighted by Gasteiger charge is 2.41. The van der Waals surface area contributed by atoms with E-state index in [9.17, 15) is 5.11 Å². The number of hydrogen-bond donors (Lipinski definition) is 1. The van der Waals surface area contributed by atoms with Crippen LogP contribution in [-0.2, 0) is 4.74 Å². The molecule has 1 N–H and O–H groups in total. The molecule has 2 atom stereocenters. The molecule has 0 amide bonds. The van der Waals surface area contributed by atoms with Gasteiger partial charge in [-0.05, 0) is 67.2 Å². The largest absolute Gasteiger partial charge is 0.388 e. The average molecular weight is 327 g/mol. The van der Waals surface area contributed by atoms with Crippen LogP contribution in [0.4, 0.5) is 0 Å². The lowest BCUT2D eigenvalue weighted by atomic mass is 9.77. The van der Waals surface area contributed by atoms with Crippen LogP contribution in [0.25, 0.3) is 0 Å². The predicted octanol–water partition coefficient (Wildman–Crippen LogP) is 4.37. The summed E-state index contributed by atoms with van der Waals surface area (Å²) in [5.41, 5.74) is 2.00. The lowest BCUT2D eigenvalue weighted by molar-refractivity contribution is -0.121. The molecular formula is C17H23ClO2S. The number of hydrogen-bond acceptors (Lipinski definition) is 3. The molecule has 0 radical (unpaired) electrons. The van der Waals surface area contributed by atoms with Crippen LogP contribution in [0, 0.1) is 12.8 Å². The summed E-state index contributed by atoms with van der Waals surface area (Å²) in [7, 11) is 0. The second kappa shape index (κ2) is 6.49. The van der Waals surface area contributed by atoms with E-state index in [4.69, 9.17) is 16.3 Å². The smallest absolute Gasteiger partial charge is 0.0823 e. The van der Waals surface area contributed by atoms with Gasteiger partial charge in [-0.2, -0.15) is 11.8 Å². The molecule has 4 heteroatoms. The van der Waals surface area contributed by atoms with E-state index >= 15 is 0 Å². The van der Waals surface area contributed by atoms with Gasteiger partial charge in [0.1, 0.15) is 0 Å². The molecule has 0 aromatic heterocycles. The fraction of sp³-hybridized carbons (Fsp3) is 0.647. The second-order valence-corrected chi connectivity index (χ2v) is 7.93. The normalized spacial score (nSPS) is 26.7. The summed E-state index contributed by atoms with van der Waals surface area (Å²) >= 11 is 8.21. The first-order valence-corrected chi connectivity index (χ1v) is 9.29. The minimum Gasteiger partial charge on any atom is -0.388 e. The van der Waals surface area contributed by atoms with Gasteiger partial charge in [0, 0.05) is 11.6 Å². The highest BCUT2D eigenvalue weighted by atomic mass is 35.5. The van der Waals surface area contributed by atoms with Crippen LogP contribution in [0.2, 0.25) is 5.02 Å². The van der Waals surface area contributed by atoms with Crippen LogP contribution in [0.15, 0.2) is 18.2 Å². The van der Waals surface area contributed by atoms with Crippen molar-refractivity contribution in [2.24, 2.45) is 5.92 Å². The number of halogens is 1. The molecule has 2 aliphatic rings. The average Bonchev–Trinajstić information content (AvgIpc) is 2.50. The lowest BCUT2D eigenvalue weighted by Crippen LogP contribution is -2.44. The Bertz CT molecular complexity index is 494. The Morgan fingerprint density at radius 1 is 1.38 bits per heavy atom. The molecule has 2 heterocycles. The van der Waals surface area contributed by atoms with Gasteiger partial charge < -0.3 is 9.84 Å². The van der Waals surface area contributed by atoms with Crippen molar-refractivity contribution < 1.29 is 9.84 Å². The third kappa shape index (κ3) is 3.26. The molecule has 3 rings (SSSR count). The monoisotopic (exact) mass is 326 g/mol. The molecule has 0 aliphatic carbocycles. The van der Waals surface area contributed by atoms with E-state index in [2.05, 4.69) is 0 Å². The standard InChI is InChI=1S/C17H23ClO2S/c1-12-14(3-2-4-15(12)18)16(19)13-5-8-20-17(11-13)6-9-21-10-7-17/h2-4,13,16,19H,5-11H2,1H3. The van der Waals surface area contributed by atoms with Gasteiger partial charge in [-0.25, -0.2) is 0 Å². The van der Waals surface area contributed by atoms with Gasteiger partial charge >= 0.3 is 0 Å². The highest BCUT2D eigenvalue weighted by Crippen LogP contribution is 2.44. The molecule has 1 aromatic rings. The van der Waals surface area contributed by atoms with E-state index in [0.717, 1.165) is 48.4 Å². The molecule has 1 spiro atoms. The zero-order valence-corrected chi connectivity index (χ0v) is 14.1. The third-order valence-corrected chi connectivity index (χ3v) is 6.40. The molecule has 0 saturated carbocycles. The predicted molar refractivity (Wildman–Crippen MR) is 89.1 cm³/mol. The molecule has 0 bridgehead atoms. The van der Waals surface area contributed by atoms with Gasteiger partial charge in [0.05, 0.1) is 11.7 Å². The molecule has 116 valence electrons. The molecule has 21 heavy (non-hydrogen) atoms. The summed E-state index contributed by atoms with van der Waals surface area (Å²) in [6, 6.07) is 5.82. The molecule has 2 aliphatic heterocycles. The summed E-state index contributed by atoms with van der Waals surface area (Å²) in [5, 5.41) is 11.6. The molecule has 2 unspecified atom stereocenters. The molecular weight excluding hydrogens is 304 g/mol. The van der Waals surface area contributed by atoms with E-state index in [1.54, 1.807) is 0 Å². The van der Waals surface area contributed by atoms with Crippen LogP contribution in [0.5, 0.6) is 0 Å². The summed E-state index contributed by atoms with van der Waals surface area (Å²) in [6.07, 6.45) is 3.71. The fourth-order valence-electron chi connectivity index (χ4n) is 3.63. The van der Waals surface area contributed by atoms with Gasteiger partial charge in [-0.1, -0.05) is 23.7 Å². The minimum atomic E-state index is -0.431. The van der Waals surface area contributed by atoms with Gasteiger partial charge in [0.25, 0.3) is 0 Å². The van der Waals surface area contributed by atoms with E-state index in [1.807, 2.05) is 36.9 Å². The molecule has 2 fully saturated rings. The Kier molecular flexibility index (Phi) is 4.84. The van der Waals surface area contributed by atoms with Crippen LogP contribution < -0.4 is 0 Å². The number of rotatable bonds is 2. The number of benzene rings is 1. The zero-order valence-electron chi connectivity index (χ0n) is 12.5. The zero-order chi connectivity index (χ0) is 14.9. The van der Waals surface area contributed by atoms with Crippen molar-refractivity contribution in [2.75, 3.05) is 18.1 Å². The Hall–Kier alpha value is -0.220. The molecule has 1 aromatic carbocycles. The van der Waals surface area contributed by atoms with Crippen LogP contribution in [0.1, 0.15) is 42.9 Å². The van der Waals surface area contributed by atoms with Gasteiger partial charge in [0.2, 0.25) is 0 Å². The summed E-state index contributed by atoms with van der Waals surface area (Å²) in [6.45, 7) is 2.76. The van der Waals surface area contributed by atoms with Crippen LogP contribution >= 0.6 is 23.4 Å². The van der Waals surface area contributed by atoms with E-state index in [1.165, 1.54) is 11.5 Å². The minimum absolute atomic E-state index is 0.0155. The van der Waals surface area contributed by atoms with Crippen molar-refractivity contribution in [3.8, 4) is 0 Å². The van der Waals surface area contributed by atoms with E-state index < -0.39 is 6.10 Å². The van der Waals surface area contributed by atoms with Gasteiger partial charge in [0.15, 0.2) is 0 Å². The van der Waals surface area contributed by atoms with Gasteiger partial charge in [-0.15, -0.1) is 0 Å². The molecule has 2 nitrogen and oxygen atoms in total. The Morgan fingerprint density at radius 3 is 2.90 bits per heavy atom. The third-order valence-electron chi connectivity index (χ3n) is 5.01. The first-order valence-electron chi connectivity index (χ1n) is 7.76. The second-order valence-electron chi connectivity index (χ2n) is 6.30. The Labute approximate surface area is 136 Å². The summed E-state index contributed by atoms with van der Waals surface area (Å²) < 4.78 is 6.13. The number of thioether (sulfide) groups is 1. The number of ether oxygens (including phenoxy) is 1. The topological polar surface area (TPSA) is 29.5 Å². The molecule has 2 saturated heterocycles. The van der Waals surface area contributed by atoms with Gasteiger partial charge in [-0.3, -0.25) is 0 Å². The maximum atomic E-state index is 10.8. The van der Waals surface area contributed by atoms with Crippen molar-refractivity contribution in [3.63, 3.8) is 0 Å². The van der Waals surface area contributed by atoms with Crippen LogP contribution in [0.3, 0.4) is 0 Å². The summed E-state index contributed by atoms with van der Waals surface area (Å²) in [4.78, 5) is 0. The van der Waals surface area contributed by atoms with Crippen molar-refractivity contribution >= 4 is 23.4 Å². The van der Waals surface area contributed by atoms with Crippen LogP contribution in [-0.4, -0.2) is 28.8 Å². The van der Waals surface area contributed by atoms with Crippen molar-refractivity contribution in [1.29, 1.82) is 0 Å². The number of aliphatic hydroxyl groups is 1. The maximum absolute atomic E-state index is 10.8. The number of aliphatic hydroxyl groups excluding tert-OH is 1. The lowest BCUT2D eigenvalue weighted by Gasteiger charge is -2.44.